The van der Waals surface area contributed by atoms with Crippen LogP contribution in [-0.4, -0.2) is 47.0 Å². The van der Waals surface area contributed by atoms with Gasteiger partial charge in [-0.2, -0.15) is 0 Å². The van der Waals surface area contributed by atoms with Crippen LogP contribution in [0.25, 0.3) is 0 Å². The molecule has 0 saturated heterocycles. The van der Waals surface area contributed by atoms with E-state index < -0.39 is 0 Å². The van der Waals surface area contributed by atoms with Gasteiger partial charge in [0, 0.05) is 19.6 Å². The summed E-state index contributed by atoms with van der Waals surface area (Å²) in [7, 11) is 0. The van der Waals surface area contributed by atoms with Crippen molar-refractivity contribution >= 4 is 0 Å². The molecule has 0 aliphatic heterocycles. The smallest absolute Gasteiger partial charge is 0.0664 e. The van der Waals surface area contributed by atoms with Gasteiger partial charge in [0.05, 0.1) is 12.2 Å². The molecule has 0 aromatic carbocycles. The Morgan fingerprint density at radius 3 is 1.53 bits per heavy atom. The highest BCUT2D eigenvalue weighted by molar-refractivity contribution is 4.68. The summed E-state index contributed by atoms with van der Waals surface area (Å²) >= 11 is 0. The van der Waals surface area contributed by atoms with E-state index in [-0.39, 0.29) is 12.2 Å². The van der Waals surface area contributed by atoms with E-state index in [0.717, 1.165) is 19.4 Å². The van der Waals surface area contributed by atoms with Crippen molar-refractivity contribution in [2.45, 2.75) is 52.7 Å². The van der Waals surface area contributed by atoms with Crippen LogP contribution in [-0.2, 0) is 0 Å². The molecule has 3 heteroatoms. The second kappa shape index (κ2) is 8.08. The Balaban J connectivity index is 4.05. The fourth-order valence-corrected chi connectivity index (χ4v) is 1.59. The van der Waals surface area contributed by atoms with Gasteiger partial charge in [0.1, 0.15) is 0 Å². The van der Waals surface area contributed by atoms with E-state index in [4.69, 9.17) is 0 Å². The van der Waals surface area contributed by atoms with Crippen LogP contribution in [0.5, 0.6) is 0 Å². The van der Waals surface area contributed by atoms with Crippen LogP contribution in [0.15, 0.2) is 0 Å². The van der Waals surface area contributed by atoms with Crippen LogP contribution in [0.4, 0.5) is 0 Å². The highest BCUT2D eigenvalue weighted by Gasteiger charge is 2.14. The molecule has 0 aromatic rings. The highest BCUT2D eigenvalue weighted by Crippen LogP contribution is 2.04. The Morgan fingerprint density at radius 2 is 1.27 bits per heavy atom. The predicted molar refractivity (Wildman–Crippen MR) is 63.9 cm³/mol. The van der Waals surface area contributed by atoms with E-state index in [1.54, 1.807) is 0 Å². The second-order valence-electron chi connectivity index (χ2n) is 4.74. The number of hydrogen-bond donors (Lipinski definition) is 2. The number of rotatable bonds is 8. The van der Waals surface area contributed by atoms with Gasteiger partial charge in [0.2, 0.25) is 0 Å². The number of hydrogen-bond acceptors (Lipinski definition) is 3. The van der Waals surface area contributed by atoms with Crippen LogP contribution in [0.3, 0.4) is 0 Å². The molecule has 0 heterocycles. The molecule has 0 spiro atoms. The largest absolute Gasteiger partial charge is 0.392 e. The standard InChI is InChI=1S/C12H27NO2/c1-5-11(14)8-13(7-10(3)4)9-12(15)6-2/h10-12,14-15H,5-9H2,1-4H3. The summed E-state index contributed by atoms with van der Waals surface area (Å²) in [5.74, 6) is 0.568. The van der Waals surface area contributed by atoms with Crippen molar-refractivity contribution in [1.82, 2.24) is 4.90 Å². The minimum absolute atomic E-state index is 0.271. The lowest BCUT2D eigenvalue weighted by Crippen LogP contribution is -2.39. The molecular formula is C12H27NO2. The van der Waals surface area contributed by atoms with Crippen LogP contribution >= 0.6 is 0 Å². The Hall–Kier alpha value is -0.120. The fraction of sp³-hybridized carbons (Fsp3) is 1.00. The van der Waals surface area contributed by atoms with Crippen LogP contribution in [0.1, 0.15) is 40.5 Å². The average Bonchev–Trinajstić information content (AvgIpc) is 2.16. The van der Waals surface area contributed by atoms with Gasteiger partial charge in [0.15, 0.2) is 0 Å². The third-order valence-corrected chi connectivity index (χ3v) is 2.50. The van der Waals surface area contributed by atoms with Crippen LogP contribution in [0, 0.1) is 5.92 Å². The maximum Gasteiger partial charge on any atom is 0.0664 e. The zero-order valence-electron chi connectivity index (χ0n) is 10.6. The zero-order valence-corrected chi connectivity index (χ0v) is 10.6. The molecule has 0 aliphatic rings. The maximum absolute atomic E-state index is 9.60. The quantitative estimate of drug-likeness (QED) is 0.647. The molecular weight excluding hydrogens is 190 g/mol. The zero-order chi connectivity index (χ0) is 11.8. The fourth-order valence-electron chi connectivity index (χ4n) is 1.59. The van der Waals surface area contributed by atoms with Gasteiger partial charge in [-0.15, -0.1) is 0 Å². The molecule has 2 N–H and O–H groups in total. The van der Waals surface area contributed by atoms with Crippen molar-refractivity contribution in [1.29, 1.82) is 0 Å². The first-order chi connectivity index (χ1) is 6.99. The van der Waals surface area contributed by atoms with Gasteiger partial charge < -0.3 is 10.2 Å². The van der Waals surface area contributed by atoms with Crippen molar-refractivity contribution in [3.05, 3.63) is 0 Å². The summed E-state index contributed by atoms with van der Waals surface area (Å²) in [6, 6.07) is 0. The van der Waals surface area contributed by atoms with E-state index in [9.17, 15) is 10.2 Å². The van der Waals surface area contributed by atoms with Crippen molar-refractivity contribution < 1.29 is 10.2 Å². The molecule has 0 aliphatic carbocycles. The van der Waals surface area contributed by atoms with Gasteiger partial charge >= 0.3 is 0 Å². The molecule has 2 atom stereocenters. The number of nitrogens with zero attached hydrogens (tertiary/aromatic N) is 1. The monoisotopic (exact) mass is 217 g/mol. The summed E-state index contributed by atoms with van der Waals surface area (Å²) < 4.78 is 0. The highest BCUT2D eigenvalue weighted by atomic mass is 16.3. The van der Waals surface area contributed by atoms with E-state index in [0.29, 0.717) is 19.0 Å². The molecule has 0 rings (SSSR count). The minimum Gasteiger partial charge on any atom is -0.392 e. The lowest BCUT2D eigenvalue weighted by molar-refractivity contribution is 0.0605. The van der Waals surface area contributed by atoms with Gasteiger partial charge in [-0.05, 0) is 18.8 Å². The van der Waals surface area contributed by atoms with Gasteiger partial charge in [-0.3, -0.25) is 4.90 Å². The van der Waals surface area contributed by atoms with E-state index in [1.807, 2.05) is 13.8 Å². The average molecular weight is 217 g/mol. The molecule has 0 fully saturated rings. The van der Waals surface area contributed by atoms with Gasteiger partial charge in [-0.25, -0.2) is 0 Å². The van der Waals surface area contributed by atoms with Gasteiger partial charge in [-0.1, -0.05) is 27.7 Å². The molecule has 0 radical (unpaired) electrons. The molecule has 0 amide bonds. The molecule has 0 saturated carbocycles. The lowest BCUT2D eigenvalue weighted by Gasteiger charge is -2.28. The summed E-state index contributed by atoms with van der Waals surface area (Å²) in [5.41, 5.74) is 0. The lowest BCUT2D eigenvalue weighted by atomic mass is 10.1. The van der Waals surface area contributed by atoms with Crippen molar-refractivity contribution in [3.63, 3.8) is 0 Å². The first-order valence-electron chi connectivity index (χ1n) is 6.08. The Morgan fingerprint density at radius 1 is 0.867 bits per heavy atom. The SMILES string of the molecule is CCC(O)CN(CC(C)C)CC(O)CC. The van der Waals surface area contributed by atoms with Crippen molar-refractivity contribution in [2.24, 2.45) is 5.92 Å². The van der Waals surface area contributed by atoms with Crippen molar-refractivity contribution in [3.8, 4) is 0 Å². The molecule has 92 valence electrons. The normalized spacial score (nSPS) is 16.0. The van der Waals surface area contributed by atoms with E-state index >= 15 is 0 Å². The van der Waals surface area contributed by atoms with Crippen LogP contribution in [0.2, 0.25) is 0 Å². The Kier molecular flexibility index (Phi) is 8.02. The predicted octanol–water partition coefficient (Wildman–Crippen LogP) is 1.49. The number of aliphatic hydroxyl groups is 2. The minimum atomic E-state index is -0.271. The topological polar surface area (TPSA) is 43.7 Å². The number of aliphatic hydroxyl groups excluding tert-OH is 2. The summed E-state index contributed by atoms with van der Waals surface area (Å²) in [5, 5.41) is 19.2. The summed E-state index contributed by atoms with van der Waals surface area (Å²) in [4.78, 5) is 2.16. The molecule has 15 heavy (non-hydrogen) atoms. The first kappa shape index (κ1) is 14.9. The Labute approximate surface area is 94.1 Å². The molecule has 2 unspecified atom stereocenters. The van der Waals surface area contributed by atoms with Gasteiger partial charge in [0.25, 0.3) is 0 Å². The van der Waals surface area contributed by atoms with E-state index in [1.165, 1.54) is 0 Å². The molecule has 0 bridgehead atoms. The van der Waals surface area contributed by atoms with Crippen molar-refractivity contribution in [2.75, 3.05) is 19.6 Å². The first-order valence-corrected chi connectivity index (χ1v) is 6.08. The molecule has 0 aromatic heterocycles. The van der Waals surface area contributed by atoms with E-state index in [2.05, 4.69) is 18.7 Å². The summed E-state index contributed by atoms with van der Waals surface area (Å²) in [6.45, 7) is 10.6. The molecule has 3 nitrogen and oxygen atoms in total. The third-order valence-electron chi connectivity index (χ3n) is 2.50. The summed E-state index contributed by atoms with van der Waals surface area (Å²) in [6.07, 6.45) is 1.01. The third kappa shape index (κ3) is 7.77. The Bertz CT molecular complexity index is 139. The second-order valence-corrected chi connectivity index (χ2v) is 4.74. The van der Waals surface area contributed by atoms with Crippen LogP contribution < -0.4 is 0 Å². The maximum atomic E-state index is 9.60.